The first-order valence-electron chi connectivity index (χ1n) is 6.95. The molecular formula is C14H20FN3O2. The zero-order valence-electron chi connectivity index (χ0n) is 11.6. The third-order valence-corrected chi connectivity index (χ3v) is 3.62. The van der Waals surface area contributed by atoms with Gasteiger partial charge in [0.15, 0.2) is 11.6 Å². The van der Waals surface area contributed by atoms with E-state index in [9.17, 15) is 9.18 Å². The number of halogens is 1. The molecule has 0 spiro atoms. The number of likely N-dealkylation sites (tertiary alicyclic amines) is 1. The number of amides is 1. The van der Waals surface area contributed by atoms with Crippen molar-refractivity contribution in [3.8, 4) is 0 Å². The van der Waals surface area contributed by atoms with E-state index in [1.54, 1.807) is 4.90 Å². The van der Waals surface area contributed by atoms with E-state index in [2.05, 4.69) is 10.3 Å². The summed E-state index contributed by atoms with van der Waals surface area (Å²) in [4.78, 5) is 17.9. The summed E-state index contributed by atoms with van der Waals surface area (Å²) in [6.07, 6.45) is 2.96. The van der Waals surface area contributed by atoms with Gasteiger partial charge in [-0.1, -0.05) is 0 Å². The molecule has 1 amide bonds. The molecule has 0 atom stereocenters. The molecule has 0 radical (unpaired) electrons. The number of hydrogen-bond acceptors (Lipinski definition) is 4. The van der Waals surface area contributed by atoms with Gasteiger partial charge in [-0.25, -0.2) is 9.37 Å². The smallest absolute Gasteiger partial charge is 0.257 e. The lowest BCUT2D eigenvalue weighted by Gasteiger charge is -2.31. The fourth-order valence-corrected chi connectivity index (χ4v) is 2.39. The average Bonchev–Trinajstić information content (AvgIpc) is 2.49. The van der Waals surface area contributed by atoms with E-state index in [4.69, 9.17) is 5.11 Å². The second-order valence-electron chi connectivity index (χ2n) is 4.97. The summed E-state index contributed by atoms with van der Waals surface area (Å²) >= 11 is 0. The Bertz CT molecular complexity index is 473. The number of carbonyl (C=O) groups excluding carboxylic acids is 1. The van der Waals surface area contributed by atoms with Crippen molar-refractivity contribution in [2.24, 2.45) is 5.92 Å². The molecule has 110 valence electrons. The molecule has 2 N–H and O–H groups in total. The SMILES string of the molecule is CCNc1nccc(C(=O)N2CCC(CO)CC2)c1F. The van der Waals surface area contributed by atoms with Crippen LogP contribution >= 0.6 is 0 Å². The van der Waals surface area contributed by atoms with Gasteiger partial charge < -0.3 is 15.3 Å². The van der Waals surface area contributed by atoms with Gasteiger partial charge in [0.25, 0.3) is 5.91 Å². The van der Waals surface area contributed by atoms with Crippen LogP contribution in [0.2, 0.25) is 0 Å². The van der Waals surface area contributed by atoms with Crippen LogP contribution in [0.4, 0.5) is 10.2 Å². The van der Waals surface area contributed by atoms with Crippen molar-refractivity contribution in [1.29, 1.82) is 0 Å². The Labute approximate surface area is 117 Å². The van der Waals surface area contributed by atoms with Gasteiger partial charge in [0.05, 0.1) is 5.56 Å². The van der Waals surface area contributed by atoms with Crippen molar-refractivity contribution in [3.05, 3.63) is 23.6 Å². The number of piperidine rings is 1. The van der Waals surface area contributed by atoms with E-state index in [0.717, 1.165) is 12.8 Å². The molecule has 2 rings (SSSR count). The fourth-order valence-electron chi connectivity index (χ4n) is 2.39. The van der Waals surface area contributed by atoms with E-state index in [1.807, 2.05) is 6.92 Å². The van der Waals surface area contributed by atoms with Crippen LogP contribution in [0, 0.1) is 11.7 Å². The van der Waals surface area contributed by atoms with Crippen molar-refractivity contribution in [2.75, 3.05) is 31.6 Å². The molecule has 5 nitrogen and oxygen atoms in total. The Balaban J connectivity index is 2.11. The molecule has 1 aromatic rings. The Hall–Kier alpha value is -1.69. The van der Waals surface area contributed by atoms with E-state index in [1.165, 1.54) is 12.3 Å². The molecule has 0 aliphatic carbocycles. The van der Waals surface area contributed by atoms with Gasteiger partial charge in [-0.3, -0.25) is 4.79 Å². The number of hydrogen-bond donors (Lipinski definition) is 2. The minimum absolute atomic E-state index is 0.0541. The molecule has 0 saturated carbocycles. The van der Waals surface area contributed by atoms with Gasteiger partial charge in [-0.2, -0.15) is 0 Å². The zero-order valence-corrected chi connectivity index (χ0v) is 11.6. The number of nitrogens with one attached hydrogen (secondary N) is 1. The molecule has 1 fully saturated rings. The molecule has 0 aromatic carbocycles. The molecule has 0 bridgehead atoms. The van der Waals surface area contributed by atoms with Gasteiger partial charge >= 0.3 is 0 Å². The van der Waals surface area contributed by atoms with Crippen LogP contribution in [0.3, 0.4) is 0 Å². The number of aromatic nitrogens is 1. The molecular weight excluding hydrogens is 261 g/mol. The lowest BCUT2D eigenvalue weighted by atomic mass is 9.97. The zero-order chi connectivity index (χ0) is 14.5. The third-order valence-electron chi connectivity index (χ3n) is 3.62. The van der Waals surface area contributed by atoms with Gasteiger partial charge in [0.2, 0.25) is 0 Å². The first-order chi connectivity index (χ1) is 9.67. The van der Waals surface area contributed by atoms with Crippen LogP contribution in [-0.4, -0.2) is 47.1 Å². The molecule has 20 heavy (non-hydrogen) atoms. The van der Waals surface area contributed by atoms with Crippen LogP contribution in [0.15, 0.2) is 12.3 Å². The molecule has 6 heteroatoms. The first kappa shape index (κ1) is 14.7. The van der Waals surface area contributed by atoms with Gasteiger partial charge in [-0.05, 0) is 31.7 Å². The Morgan fingerprint density at radius 3 is 2.85 bits per heavy atom. The maximum absolute atomic E-state index is 14.2. The van der Waals surface area contributed by atoms with E-state index < -0.39 is 5.82 Å². The topological polar surface area (TPSA) is 65.5 Å². The van der Waals surface area contributed by atoms with Crippen molar-refractivity contribution in [2.45, 2.75) is 19.8 Å². The highest BCUT2D eigenvalue weighted by Crippen LogP contribution is 2.21. The number of aliphatic hydroxyl groups is 1. The minimum Gasteiger partial charge on any atom is -0.396 e. The lowest BCUT2D eigenvalue weighted by Crippen LogP contribution is -2.39. The summed E-state index contributed by atoms with van der Waals surface area (Å²) in [5, 5.41) is 11.9. The molecule has 1 aromatic heterocycles. The maximum Gasteiger partial charge on any atom is 0.257 e. The standard InChI is InChI=1S/C14H20FN3O2/c1-2-16-13-12(15)11(3-6-17-13)14(20)18-7-4-10(9-19)5-8-18/h3,6,10,19H,2,4-5,7-9H2,1H3,(H,16,17). The summed E-state index contributed by atoms with van der Waals surface area (Å²) < 4.78 is 14.2. The number of carbonyl (C=O) groups is 1. The summed E-state index contributed by atoms with van der Waals surface area (Å²) in [5.41, 5.74) is 0.0541. The summed E-state index contributed by atoms with van der Waals surface area (Å²) in [6.45, 7) is 3.65. The van der Waals surface area contributed by atoms with Crippen molar-refractivity contribution in [1.82, 2.24) is 9.88 Å². The quantitative estimate of drug-likeness (QED) is 0.877. The average molecular weight is 281 g/mol. The Kier molecular flexibility index (Phi) is 4.89. The lowest BCUT2D eigenvalue weighted by molar-refractivity contribution is 0.0646. The second-order valence-corrected chi connectivity index (χ2v) is 4.97. The monoisotopic (exact) mass is 281 g/mol. The minimum atomic E-state index is -0.594. The maximum atomic E-state index is 14.2. The molecule has 0 unspecified atom stereocenters. The molecule has 2 heterocycles. The van der Waals surface area contributed by atoms with E-state index in [0.29, 0.717) is 19.6 Å². The van der Waals surface area contributed by atoms with Gasteiger partial charge in [-0.15, -0.1) is 0 Å². The van der Waals surface area contributed by atoms with Crippen molar-refractivity contribution in [3.63, 3.8) is 0 Å². The van der Waals surface area contributed by atoms with E-state index >= 15 is 0 Å². The highest BCUT2D eigenvalue weighted by atomic mass is 19.1. The number of pyridine rings is 1. The highest BCUT2D eigenvalue weighted by Gasteiger charge is 2.25. The fraction of sp³-hybridized carbons (Fsp3) is 0.571. The summed E-state index contributed by atoms with van der Waals surface area (Å²) in [5.74, 6) is -0.536. The number of rotatable bonds is 4. The number of aliphatic hydroxyl groups excluding tert-OH is 1. The largest absolute Gasteiger partial charge is 0.396 e. The Morgan fingerprint density at radius 1 is 1.55 bits per heavy atom. The van der Waals surface area contributed by atoms with Crippen LogP contribution in [0.1, 0.15) is 30.1 Å². The van der Waals surface area contributed by atoms with E-state index in [-0.39, 0.29) is 29.8 Å². The van der Waals surface area contributed by atoms with Crippen LogP contribution in [-0.2, 0) is 0 Å². The normalized spacial score (nSPS) is 16.2. The Morgan fingerprint density at radius 2 is 2.25 bits per heavy atom. The second kappa shape index (κ2) is 6.65. The van der Waals surface area contributed by atoms with Gasteiger partial charge in [0, 0.05) is 32.4 Å². The van der Waals surface area contributed by atoms with Crippen molar-refractivity contribution >= 4 is 11.7 Å². The first-order valence-corrected chi connectivity index (χ1v) is 6.95. The summed E-state index contributed by atoms with van der Waals surface area (Å²) in [7, 11) is 0. The van der Waals surface area contributed by atoms with Crippen LogP contribution in [0.25, 0.3) is 0 Å². The van der Waals surface area contributed by atoms with Gasteiger partial charge in [0.1, 0.15) is 0 Å². The molecule has 1 aliphatic heterocycles. The van der Waals surface area contributed by atoms with Crippen LogP contribution < -0.4 is 5.32 Å². The third kappa shape index (κ3) is 3.07. The predicted molar refractivity (Wildman–Crippen MR) is 74.1 cm³/mol. The number of nitrogens with zero attached hydrogens (tertiary/aromatic N) is 2. The summed E-state index contributed by atoms with van der Waals surface area (Å²) in [6, 6.07) is 1.41. The molecule has 1 aliphatic rings. The van der Waals surface area contributed by atoms with Crippen LogP contribution in [0.5, 0.6) is 0 Å². The predicted octanol–water partition coefficient (Wildman–Crippen LogP) is 1.50. The highest BCUT2D eigenvalue weighted by molar-refractivity contribution is 5.95. The number of anilines is 1. The van der Waals surface area contributed by atoms with Crippen molar-refractivity contribution < 1.29 is 14.3 Å². The molecule has 1 saturated heterocycles.